The SMILES string of the molecule is Cl.Cl.OCC(CNc1ncnc2c1CCNCC2)Cc1cccs1. The monoisotopic (exact) mass is 390 g/mol. The van der Waals surface area contributed by atoms with Crippen molar-refractivity contribution in [3.8, 4) is 0 Å². The first kappa shape index (κ1) is 21.1. The molecule has 3 heterocycles. The Morgan fingerprint density at radius 1 is 1.25 bits per heavy atom. The highest BCUT2D eigenvalue weighted by Crippen LogP contribution is 2.20. The Balaban J connectivity index is 0.00000144. The van der Waals surface area contributed by atoms with E-state index in [4.69, 9.17) is 0 Å². The predicted molar refractivity (Wildman–Crippen MR) is 104 cm³/mol. The molecule has 0 saturated carbocycles. The van der Waals surface area contributed by atoms with E-state index in [0.29, 0.717) is 0 Å². The molecule has 0 bridgehead atoms. The second-order valence-electron chi connectivity index (χ2n) is 5.61. The Kier molecular flexibility index (Phi) is 9.54. The molecule has 0 fully saturated rings. The zero-order valence-corrected chi connectivity index (χ0v) is 15.9. The Morgan fingerprint density at radius 2 is 2.08 bits per heavy atom. The molecule has 0 radical (unpaired) electrons. The van der Waals surface area contributed by atoms with Gasteiger partial charge in [-0.3, -0.25) is 0 Å². The van der Waals surface area contributed by atoms with Gasteiger partial charge in [0.2, 0.25) is 0 Å². The summed E-state index contributed by atoms with van der Waals surface area (Å²) in [5, 5.41) is 18.5. The highest BCUT2D eigenvalue weighted by atomic mass is 35.5. The first-order valence-electron chi connectivity index (χ1n) is 7.77. The number of rotatable bonds is 6. The van der Waals surface area contributed by atoms with Crippen molar-refractivity contribution in [1.29, 1.82) is 0 Å². The van der Waals surface area contributed by atoms with Crippen molar-refractivity contribution >= 4 is 42.0 Å². The topological polar surface area (TPSA) is 70.1 Å². The number of halogens is 2. The van der Waals surface area contributed by atoms with Gasteiger partial charge in [-0.25, -0.2) is 9.97 Å². The molecule has 1 aliphatic heterocycles. The van der Waals surface area contributed by atoms with Gasteiger partial charge in [0.1, 0.15) is 12.1 Å². The molecule has 5 nitrogen and oxygen atoms in total. The third kappa shape index (κ3) is 5.57. The second-order valence-corrected chi connectivity index (χ2v) is 6.64. The molecular weight excluding hydrogens is 367 g/mol. The fraction of sp³-hybridized carbons (Fsp3) is 0.500. The maximum Gasteiger partial charge on any atom is 0.132 e. The summed E-state index contributed by atoms with van der Waals surface area (Å²) in [4.78, 5) is 10.1. The Bertz CT molecular complexity index is 598. The molecule has 1 atom stereocenters. The van der Waals surface area contributed by atoms with E-state index in [2.05, 4.69) is 38.1 Å². The van der Waals surface area contributed by atoms with Crippen molar-refractivity contribution in [3.63, 3.8) is 0 Å². The molecule has 0 aromatic carbocycles. The molecular formula is C16H24Cl2N4OS. The van der Waals surface area contributed by atoms with Crippen LogP contribution >= 0.6 is 36.2 Å². The lowest BCUT2D eigenvalue weighted by Gasteiger charge is -2.17. The van der Waals surface area contributed by atoms with E-state index in [9.17, 15) is 5.11 Å². The molecule has 24 heavy (non-hydrogen) atoms. The summed E-state index contributed by atoms with van der Waals surface area (Å²) < 4.78 is 0. The van der Waals surface area contributed by atoms with Gasteiger partial charge in [-0.05, 0) is 30.8 Å². The first-order chi connectivity index (χ1) is 10.9. The van der Waals surface area contributed by atoms with E-state index in [-0.39, 0.29) is 37.3 Å². The van der Waals surface area contributed by atoms with Crippen molar-refractivity contribution < 1.29 is 5.11 Å². The molecule has 0 aliphatic carbocycles. The van der Waals surface area contributed by atoms with Crippen LogP contribution in [0.2, 0.25) is 0 Å². The largest absolute Gasteiger partial charge is 0.396 e. The average Bonchev–Trinajstić information content (AvgIpc) is 2.93. The molecule has 8 heteroatoms. The number of fused-ring (bicyclic) bond motifs is 1. The fourth-order valence-corrected chi connectivity index (χ4v) is 3.60. The van der Waals surface area contributed by atoms with Gasteiger partial charge < -0.3 is 15.7 Å². The van der Waals surface area contributed by atoms with Gasteiger partial charge in [-0.15, -0.1) is 36.2 Å². The molecule has 1 unspecified atom stereocenters. The number of nitrogens with zero attached hydrogens (tertiary/aromatic N) is 2. The van der Waals surface area contributed by atoms with Crippen LogP contribution in [0.5, 0.6) is 0 Å². The fourth-order valence-electron chi connectivity index (χ4n) is 2.78. The van der Waals surface area contributed by atoms with Crippen LogP contribution in [-0.4, -0.2) is 41.3 Å². The van der Waals surface area contributed by atoms with Crippen LogP contribution in [0.15, 0.2) is 23.8 Å². The summed E-state index contributed by atoms with van der Waals surface area (Å²) in [5.74, 6) is 1.13. The number of aromatic nitrogens is 2. The van der Waals surface area contributed by atoms with E-state index in [1.807, 2.05) is 0 Å². The lowest BCUT2D eigenvalue weighted by Crippen LogP contribution is -2.21. The van der Waals surface area contributed by atoms with E-state index in [1.165, 1.54) is 10.4 Å². The molecule has 1 aliphatic rings. The van der Waals surface area contributed by atoms with Gasteiger partial charge in [-0.2, -0.15) is 0 Å². The van der Waals surface area contributed by atoms with Crippen LogP contribution in [0.4, 0.5) is 5.82 Å². The van der Waals surface area contributed by atoms with Gasteiger partial charge in [0, 0.05) is 42.5 Å². The van der Waals surface area contributed by atoms with Gasteiger partial charge in [0.05, 0.1) is 5.69 Å². The third-order valence-corrected chi connectivity index (χ3v) is 4.91. The van der Waals surface area contributed by atoms with Crippen LogP contribution in [0, 0.1) is 5.92 Å². The lowest BCUT2D eigenvalue weighted by molar-refractivity contribution is 0.233. The number of anilines is 1. The summed E-state index contributed by atoms with van der Waals surface area (Å²) in [7, 11) is 0. The Morgan fingerprint density at radius 3 is 2.83 bits per heavy atom. The molecule has 3 rings (SSSR count). The number of aliphatic hydroxyl groups excluding tert-OH is 1. The zero-order chi connectivity index (χ0) is 15.2. The van der Waals surface area contributed by atoms with E-state index < -0.39 is 0 Å². The smallest absolute Gasteiger partial charge is 0.132 e. The van der Waals surface area contributed by atoms with Crippen molar-refractivity contribution in [2.45, 2.75) is 19.3 Å². The standard InChI is InChI=1S/C16H22N4OS.2ClH/c21-10-12(8-13-2-1-7-22-13)9-18-16-14-3-5-17-6-4-15(14)19-11-20-16;;/h1-2,7,11-12,17,21H,3-6,8-10H2,(H,18,19,20);2*1H. The zero-order valence-electron chi connectivity index (χ0n) is 13.4. The van der Waals surface area contributed by atoms with Crippen molar-refractivity contribution in [1.82, 2.24) is 15.3 Å². The summed E-state index contributed by atoms with van der Waals surface area (Å²) in [6.07, 6.45) is 4.44. The number of nitrogens with one attached hydrogen (secondary N) is 2. The molecule has 3 N–H and O–H groups in total. The van der Waals surface area contributed by atoms with Crippen LogP contribution in [0.1, 0.15) is 16.1 Å². The van der Waals surface area contributed by atoms with Crippen molar-refractivity contribution in [3.05, 3.63) is 40.0 Å². The van der Waals surface area contributed by atoms with Crippen molar-refractivity contribution in [2.24, 2.45) is 5.92 Å². The highest BCUT2D eigenvalue weighted by molar-refractivity contribution is 7.09. The second kappa shape index (κ2) is 10.8. The first-order valence-corrected chi connectivity index (χ1v) is 8.65. The summed E-state index contributed by atoms with van der Waals surface area (Å²) in [6.45, 7) is 2.85. The van der Waals surface area contributed by atoms with Crippen LogP contribution in [0.3, 0.4) is 0 Å². The summed E-state index contributed by atoms with van der Waals surface area (Å²) in [6, 6.07) is 4.18. The quantitative estimate of drug-likeness (QED) is 0.705. The molecule has 134 valence electrons. The number of aliphatic hydroxyl groups is 1. The van der Waals surface area contributed by atoms with Crippen LogP contribution in [0.25, 0.3) is 0 Å². The maximum absolute atomic E-state index is 9.61. The van der Waals surface area contributed by atoms with Gasteiger partial charge in [-0.1, -0.05) is 6.07 Å². The van der Waals surface area contributed by atoms with Crippen molar-refractivity contribution in [2.75, 3.05) is 31.6 Å². The van der Waals surface area contributed by atoms with E-state index in [0.717, 1.165) is 50.4 Å². The summed E-state index contributed by atoms with van der Waals surface area (Å²) in [5.41, 5.74) is 2.36. The van der Waals surface area contributed by atoms with Gasteiger partial charge >= 0.3 is 0 Å². The molecule has 0 spiro atoms. The minimum atomic E-state index is 0. The maximum atomic E-state index is 9.61. The van der Waals surface area contributed by atoms with Gasteiger partial charge in [0.25, 0.3) is 0 Å². The molecule has 0 amide bonds. The Labute approximate surface area is 159 Å². The van der Waals surface area contributed by atoms with E-state index in [1.54, 1.807) is 17.7 Å². The van der Waals surface area contributed by atoms with E-state index >= 15 is 0 Å². The minimum Gasteiger partial charge on any atom is -0.396 e. The molecule has 2 aromatic rings. The summed E-state index contributed by atoms with van der Waals surface area (Å²) >= 11 is 1.74. The molecule has 2 aromatic heterocycles. The predicted octanol–water partition coefficient (Wildman–Crippen LogP) is 2.33. The average molecular weight is 391 g/mol. The number of thiophene rings is 1. The van der Waals surface area contributed by atoms with Crippen LogP contribution in [-0.2, 0) is 19.3 Å². The van der Waals surface area contributed by atoms with Gasteiger partial charge in [0.15, 0.2) is 0 Å². The number of hydrogen-bond donors (Lipinski definition) is 3. The third-order valence-electron chi connectivity index (χ3n) is 4.01. The molecule has 0 saturated heterocycles. The van der Waals surface area contributed by atoms with Crippen LogP contribution < -0.4 is 10.6 Å². The highest BCUT2D eigenvalue weighted by Gasteiger charge is 2.15. The Hall–Kier alpha value is -0.920. The number of hydrogen-bond acceptors (Lipinski definition) is 6. The normalized spacial score (nSPS) is 14.5. The lowest BCUT2D eigenvalue weighted by atomic mass is 10.1. The minimum absolute atomic E-state index is 0.